The highest BCUT2D eigenvalue weighted by atomic mass is 79.9. The third-order valence-corrected chi connectivity index (χ3v) is 3.84. The number of carbonyl (C=O) groups is 1. The van der Waals surface area contributed by atoms with E-state index < -0.39 is 5.60 Å². The quantitative estimate of drug-likeness (QED) is 0.887. The zero-order valence-electron chi connectivity index (χ0n) is 10.1. The summed E-state index contributed by atoms with van der Waals surface area (Å²) in [6.45, 7) is 0.277. The van der Waals surface area contributed by atoms with Crippen LogP contribution < -0.4 is 5.32 Å². The molecule has 0 spiro atoms. The van der Waals surface area contributed by atoms with Gasteiger partial charge in [0.1, 0.15) is 5.56 Å². The highest BCUT2D eigenvalue weighted by Gasteiger charge is 2.34. The molecule has 0 saturated heterocycles. The summed E-state index contributed by atoms with van der Waals surface area (Å²) in [7, 11) is 0. The lowest BCUT2D eigenvalue weighted by atomic mass is 9.80. The Morgan fingerprint density at radius 2 is 2.32 bits per heavy atom. The molecule has 7 heteroatoms. The lowest BCUT2D eigenvalue weighted by Gasteiger charge is -2.36. The number of hydrogen-bond donors (Lipinski definition) is 2. The van der Waals surface area contributed by atoms with Gasteiger partial charge in [0.15, 0.2) is 5.65 Å². The predicted molar refractivity (Wildman–Crippen MR) is 71.8 cm³/mol. The molecule has 1 fully saturated rings. The van der Waals surface area contributed by atoms with Crippen molar-refractivity contribution < 1.29 is 9.90 Å². The van der Waals surface area contributed by atoms with E-state index in [1.165, 1.54) is 10.7 Å². The van der Waals surface area contributed by atoms with Crippen LogP contribution in [0.25, 0.3) is 5.65 Å². The minimum absolute atomic E-state index is 0.259. The van der Waals surface area contributed by atoms with Gasteiger partial charge in [0.25, 0.3) is 5.91 Å². The first kappa shape index (κ1) is 12.6. The average Bonchev–Trinajstić information content (AvgIpc) is 2.76. The normalized spacial score (nSPS) is 17.2. The molecule has 100 valence electrons. The first-order chi connectivity index (χ1) is 9.07. The molecule has 2 aromatic rings. The van der Waals surface area contributed by atoms with E-state index >= 15 is 0 Å². The van der Waals surface area contributed by atoms with Gasteiger partial charge in [0.2, 0.25) is 0 Å². The van der Waals surface area contributed by atoms with Crippen LogP contribution in [0, 0.1) is 0 Å². The van der Waals surface area contributed by atoms with Crippen molar-refractivity contribution in [1.29, 1.82) is 0 Å². The van der Waals surface area contributed by atoms with Crippen LogP contribution in [-0.2, 0) is 0 Å². The molecule has 0 radical (unpaired) electrons. The fourth-order valence-electron chi connectivity index (χ4n) is 2.11. The predicted octanol–water partition coefficient (Wildman–Crippen LogP) is 1.14. The minimum atomic E-state index is -0.727. The smallest absolute Gasteiger partial charge is 0.256 e. The minimum Gasteiger partial charge on any atom is -0.388 e. The molecule has 0 bridgehead atoms. The van der Waals surface area contributed by atoms with Crippen LogP contribution in [0.1, 0.15) is 29.6 Å². The first-order valence-electron chi connectivity index (χ1n) is 6.07. The maximum atomic E-state index is 12.1. The van der Waals surface area contributed by atoms with Crippen LogP contribution in [0.2, 0.25) is 0 Å². The van der Waals surface area contributed by atoms with E-state index in [0.717, 1.165) is 23.7 Å². The molecule has 1 amide bonds. The van der Waals surface area contributed by atoms with E-state index in [2.05, 4.69) is 31.3 Å². The third-order valence-electron chi connectivity index (χ3n) is 3.43. The van der Waals surface area contributed by atoms with E-state index in [0.29, 0.717) is 11.2 Å². The number of rotatable bonds is 3. The second kappa shape index (κ2) is 4.57. The molecule has 6 nitrogen and oxygen atoms in total. The Morgan fingerprint density at radius 1 is 1.53 bits per heavy atom. The summed E-state index contributed by atoms with van der Waals surface area (Å²) >= 11 is 3.30. The molecular formula is C12H13BrN4O2. The Morgan fingerprint density at radius 3 is 3.00 bits per heavy atom. The summed E-state index contributed by atoms with van der Waals surface area (Å²) in [5.74, 6) is -0.259. The van der Waals surface area contributed by atoms with Crippen LogP contribution in [-0.4, -0.2) is 37.8 Å². The summed E-state index contributed by atoms with van der Waals surface area (Å²) in [4.78, 5) is 16.2. The molecule has 2 N–H and O–H groups in total. The van der Waals surface area contributed by atoms with Crippen molar-refractivity contribution >= 4 is 27.5 Å². The van der Waals surface area contributed by atoms with Crippen LogP contribution >= 0.6 is 15.9 Å². The molecule has 3 rings (SSSR count). The summed E-state index contributed by atoms with van der Waals surface area (Å²) in [5.41, 5.74) is 0.187. The van der Waals surface area contributed by atoms with E-state index in [9.17, 15) is 9.90 Å². The summed E-state index contributed by atoms with van der Waals surface area (Å²) in [6, 6.07) is 0. The number of amides is 1. The average molecular weight is 325 g/mol. The SMILES string of the molecule is O=C(NCC1(O)CCC1)c1cnn2cc(Br)cnc12. The molecule has 0 unspecified atom stereocenters. The molecule has 2 aromatic heterocycles. The van der Waals surface area contributed by atoms with Crippen molar-refractivity contribution in [1.82, 2.24) is 19.9 Å². The first-order valence-corrected chi connectivity index (χ1v) is 6.86. The van der Waals surface area contributed by atoms with Crippen molar-refractivity contribution in [3.05, 3.63) is 28.6 Å². The lowest BCUT2D eigenvalue weighted by molar-refractivity contribution is -0.0300. The Bertz CT molecular complexity index is 636. The highest BCUT2D eigenvalue weighted by Crippen LogP contribution is 2.30. The number of hydrogen-bond acceptors (Lipinski definition) is 4. The maximum Gasteiger partial charge on any atom is 0.256 e. The Balaban J connectivity index is 1.78. The Labute approximate surface area is 118 Å². The van der Waals surface area contributed by atoms with Crippen molar-refractivity contribution in [3.63, 3.8) is 0 Å². The van der Waals surface area contributed by atoms with Crippen LogP contribution in [0.3, 0.4) is 0 Å². The molecule has 0 aromatic carbocycles. The number of aromatic nitrogens is 3. The van der Waals surface area contributed by atoms with E-state index in [4.69, 9.17) is 0 Å². The summed E-state index contributed by atoms with van der Waals surface area (Å²) < 4.78 is 2.33. The van der Waals surface area contributed by atoms with Crippen molar-refractivity contribution in [2.45, 2.75) is 24.9 Å². The van der Waals surface area contributed by atoms with Crippen LogP contribution in [0.5, 0.6) is 0 Å². The highest BCUT2D eigenvalue weighted by molar-refractivity contribution is 9.10. The van der Waals surface area contributed by atoms with Gasteiger partial charge in [0, 0.05) is 18.9 Å². The number of fused-ring (bicyclic) bond motifs is 1. The number of halogens is 1. The standard InChI is InChI=1S/C12H13BrN4O2/c13-8-4-14-10-9(5-16-17(10)6-8)11(18)15-7-12(19)2-1-3-12/h4-6,19H,1-3,7H2,(H,15,18). The fraction of sp³-hybridized carbons (Fsp3) is 0.417. The Kier molecular flexibility index (Phi) is 3.02. The topological polar surface area (TPSA) is 79.5 Å². The van der Waals surface area contributed by atoms with Gasteiger partial charge >= 0.3 is 0 Å². The molecular weight excluding hydrogens is 312 g/mol. The fourth-order valence-corrected chi connectivity index (χ4v) is 2.41. The molecule has 1 aliphatic rings. The van der Waals surface area contributed by atoms with Gasteiger partial charge in [-0.1, -0.05) is 0 Å². The molecule has 1 saturated carbocycles. The zero-order valence-corrected chi connectivity index (χ0v) is 11.7. The van der Waals surface area contributed by atoms with Gasteiger partial charge in [-0.25, -0.2) is 9.50 Å². The number of nitrogens with zero attached hydrogens (tertiary/aromatic N) is 3. The third kappa shape index (κ3) is 2.35. The van der Waals surface area contributed by atoms with Gasteiger partial charge in [0.05, 0.1) is 16.3 Å². The van der Waals surface area contributed by atoms with Crippen molar-refractivity contribution in [3.8, 4) is 0 Å². The maximum absolute atomic E-state index is 12.1. The largest absolute Gasteiger partial charge is 0.388 e. The summed E-state index contributed by atoms with van der Waals surface area (Å²) in [6.07, 6.45) is 7.33. The van der Waals surface area contributed by atoms with Crippen LogP contribution in [0.15, 0.2) is 23.1 Å². The van der Waals surface area contributed by atoms with Gasteiger partial charge in [-0.05, 0) is 35.2 Å². The molecule has 2 heterocycles. The molecule has 0 atom stereocenters. The van der Waals surface area contributed by atoms with E-state index in [1.54, 1.807) is 12.4 Å². The second-order valence-electron chi connectivity index (χ2n) is 4.86. The number of carbonyl (C=O) groups excluding carboxylic acids is 1. The van der Waals surface area contributed by atoms with Crippen molar-refractivity contribution in [2.75, 3.05) is 6.54 Å². The monoisotopic (exact) mass is 324 g/mol. The van der Waals surface area contributed by atoms with E-state index in [1.807, 2.05) is 0 Å². The molecule has 0 aliphatic heterocycles. The van der Waals surface area contributed by atoms with Crippen LogP contribution in [0.4, 0.5) is 0 Å². The van der Waals surface area contributed by atoms with Crippen molar-refractivity contribution in [2.24, 2.45) is 0 Å². The second-order valence-corrected chi connectivity index (χ2v) is 5.77. The lowest BCUT2D eigenvalue weighted by Crippen LogP contribution is -2.47. The zero-order chi connectivity index (χ0) is 13.5. The van der Waals surface area contributed by atoms with E-state index in [-0.39, 0.29) is 12.5 Å². The van der Waals surface area contributed by atoms with Gasteiger partial charge < -0.3 is 10.4 Å². The molecule has 1 aliphatic carbocycles. The number of nitrogens with one attached hydrogen (secondary N) is 1. The molecule has 19 heavy (non-hydrogen) atoms. The Hall–Kier alpha value is -1.47. The van der Waals surface area contributed by atoms with Gasteiger partial charge in [-0.3, -0.25) is 4.79 Å². The van der Waals surface area contributed by atoms with Gasteiger partial charge in [-0.15, -0.1) is 0 Å². The summed E-state index contributed by atoms with van der Waals surface area (Å²) in [5, 5.41) is 16.8. The number of aliphatic hydroxyl groups is 1. The van der Waals surface area contributed by atoms with Gasteiger partial charge in [-0.2, -0.15) is 5.10 Å².